The van der Waals surface area contributed by atoms with Gasteiger partial charge in [0, 0.05) is 20.6 Å². The molecule has 5 heteroatoms. The van der Waals surface area contributed by atoms with E-state index >= 15 is 0 Å². The van der Waals surface area contributed by atoms with Gasteiger partial charge in [-0.25, -0.2) is 4.39 Å². The summed E-state index contributed by atoms with van der Waals surface area (Å²) in [4.78, 5) is 14.8. The monoisotopic (exact) mass is 268 g/mol. The van der Waals surface area contributed by atoms with Crippen LogP contribution in [-0.4, -0.2) is 43.1 Å². The Labute approximate surface area is 113 Å². The molecular weight excluding hydrogens is 247 g/mol. The van der Waals surface area contributed by atoms with Gasteiger partial charge in [0.25, 0.3) is 0 Å². The van der Waals surface area contributed by atoms with Gasteiger partial charge in [0.15, 0.2) is 0 Å². The van der Waals surface area contributed by atoms with Crippen LogP contribution in [-0.2, 0) is 4.79 Å². The minimum absolute atomic E-state index is 0.0825. The molecule has 19 heavy (non-hydrogen) atoms. The Bertz CT molecular complexity index is 447. The molecule has 1 amide bonds. The summed E-state index contributed by atoms with van der Waals surface area (Å²) in [6, 6.07) is 4.58. The van der Waals surface area contributed by atoms with Gasteiger partial charge in [0.05, 0.1) is 18.3 Å². The second-order valence-corrected chi connectivity index (χ2v) is 4.69. The van der Waals surface area contributed by atoms with E-state index in [2.05, 4.69) is 0 Å². The molecule has 1 aromatic rings. The smallest absolute Gasteiger partial charge is 0.241 e. The van der Waals surface area contributed by atoms with E-state index in [0.29, 0.717) is 17.8 Å². The number of rotatable bonds is 5. The minimum Gasteiger partial charge on any atom is -0.389 e. The van der Waals surface area contributed by atoms with Gasteiger partial charge in [0.2, 0.25) is 5.91 Å². The topological polar surface area (TPSA) is 43.8 Å². The number of hydrogen-bond acceptors (Lipinski definition) is 3. The number of carbonyl (C=O) groups excluding carboxylic acids is 1. The number of aliphatic hydroxyl groups is 1. The number of hydrogen-bond donors (Lipinski definition) is 1. The molecule has 0 aromatic heterocycles. The van der Waals surface area contributed by atoms with Crippen LogP contribution < -0.4 is 4.90 Å². The van der Waals surface area contributed by atoms with E-state index in [0.717, 1.165) is 0 Å². The number of anilines is 1. The molecule has 106 valence electrons. The fourth-order valence-corrected chi connectivity index (χ4v) is 1.71. The van der Waals surface area contributed by atoms with E-state index in [1.165, 1.54) is 11.0 Å². The van der Waals surface area contributed by atoms with Crippen molar-refractivity contribution < 1.29 is 14.3 Å². The third kappa shape index (κ3) is 3.92. The largest absolute Gasteiger partial charge is 0.389 e. The van der Waals surface area contributed by atoms with Crippen molar-refractivity contribution in [1.82, 2.24) is 4.90 Å². The minimum atomic E-state index is -0.706. The van der Waals surface area contributed by atoms with Crippen LogP contribution in [0.5, 0.6) is 0 Å². The maximum atomic E-state index is 14.0. The second-order valence-electron chi connectivity index (χ2n) is 4.69. The van der Waals surface area contributed by atoms with Crippen LogP contribution in [0.2, 0.25) is 0 Å². The molecule has 0 saturated carbocycles. The van der Waals surface area contributed by atoms with Gasteiger partial charge in [0.1, 0.15) is 5.82 Å². The first-order valence-electron chi connectivity index (χ1n) is 6.29. The molecule has 1 unspecified atom stereocenters. The van der Waals surface area contributed by atoms with Crippen molar-refractivity contribution in [2.24, 2.45) is 0 Å². The highest BCUT2D eigenvalue weighted by molar-refractivity contribution is 5.81. The van der Waals surface area contributed by atoms with Crippen LogP contribution in [0.4, 0.5) is 10.1 Å². The highest BCUT2D eigenvalue weighted by atomic mass is 19.1. The molecule has 4 nitrogen and oxygen atoms in total. The molecule has 0 aliphatic rings. The maximum Gasteiger partial charge on any atom is 0.241 e. The lowest BCUT2D eigenvalue weighted by atomic mass is 10.1. The summed E-state index contributed by atoms with van der Waals surface area (Å²) >= 11 is 0. The Morgan fingerprint density at radius 1 is 1.42 bits per heavy atom. The van der Waals surface area contributed by atoms with Crippen LogP contribution in [0.25, 0.3) is 0 Å². The van der Waals surface area contributed by atoms with Crippen LogP contribution in [0.15, 0.2) is 18.2 Å². The fourth-order valence-electron chi connectivity index (χ4n) is 1.71. The van der Waals surface area contributed by atoms with Crippen molar-refractivity contribution >= 4 is 11.6 Å². The molecule has 0 fully saturated rings. The summed E-state index contributed by atoms with van der Waals surface area (Å²) in [5, 5.41) is 9.41. The van der Waals surface area contributed by atoms with Crippen molar-refractivity contribution in [2.45, 2.75) is 20.0 Å². The van der Waals surface area contributed by atoms with Crippen LogP contribution in [0, 0.1) is 5.82 Å². The Balaban J connectivity index is 2.96. The summed E-state index contributed by atoms with van der Waals surface area (Å²) in [6.07, 6.45) is -0.706. The zero-order valence-electron chi connectivity index (χ0n) is 11.9. The van der Waals surface area contributed by atoms with Crippen LogP contribution in [0.3, 0.4) is 0 Å². The van der Waals surface area contributed by atoms with Gasteiger partial charge < -0.3 is 14.9 Å². The van der Waals surface area contributed by atoms with E-state index in [1.54, 1.807) is 38.1 Å². The predicted molar refractivity (Wildman–Crippen MR) is 73.6 cm³/mol. The lowest BCUT2D eigenvalue weighted by molar-refractivity contribution is -0.127. The Morgan fingerprint density at radius 2 is 2.05 bits per heavy atom. The SMILES string of the molecule is CCN(CC(=O)N(C)C)c1ccc(C(C)O)cc1F. The molecular formula is C14H21FN2O2. The van der Waals surface area contributed by atoms with Gasteiger partial charge in [-0.2, -0.15) is 0 Å². The zero-order valence-corrected chi connectivity index (χ0v) is 11.9. The zero-order chi connectivity index (χ0) is 14.6. The van der Waals surface area contributed by atoms with Crippen LogP contribution in [0.1, 0.15) is 25.5 Å². The lowest BCUT2D eigenvalue weighted by Gasteiger charge is -2.25. The number of halogens is 1. The lowest BCUT2D eigenvalue weighted by Crippen LogP contribution is -2.37. The first kappa shape index (κ1) is 15.4. The van der Waals surface area contributed by atoms with E-state index in [9.17, 15) is 14.3 Å². The number of amides is 1. The van der Waals surface area contributed by atoms with E-state index in [1.807, 2.05) is 6.92 Å². The van der Waals surface area contributed by atoms with Gasteiger partial charge in [-0.05, 0) is 31.5 Å². The molecule has 0 aliphatic heterocycles. The molecule has 1 atom stereocenters. The molecule has 0 bridgehead atoms. The Kier molecular flexibility index (Phi) is 5.30. The van der Waals surface area contributed by atoms with Crippen LogP contribution >= 0.6 is 0 Å². The summed E-state index contributed by atoms with van der Waals surface area (Å²) < 4.78 is 14.0. The normalized spacial score (nSPS) is 12.1. The number of benzene rings is 1. The van der Waals surface area contributed by atoms with Crippen molar-refractivity contribution in [1.29, 1.82) is 0 Å². The first-order valence-corrected chi connectivity index (χ1v) is 6.29. The van der Waals surface area contributed by atoms with Crippen molar-refractivity contribution in [3.8, 4) is 0 Å². The van der Waals surface area contributed by atoms with Crippen molar-refractivity contribution in [3.63, 3.8) is 0 Å². The number of likely N-dealkylation sites (N-methyl/N-ethyl adjacent to an activating group) is 2. The molecule has 0 heterocycles. The van der Waals surface area contributed by atoms with Crippen molar-refractivity contribution in [2.75, 3.05) is 32.1 Å². The summed E-state index contributed by atoms with van der Waals surface area (Å²) in [5.74, 6) is -0.507. The van der Waals surface area contributed by atoms with E-state index < -0.39 is 11.9 Å². The second kappa shape index (κ2) is 6.52. The molecule has 0 aliphatic carbocycles. The molecule has 1 rings (SSSR count). The summed E-state index contributed by atoms with van der Waals surface area (Å²) in [6.45, 7) is 4.12. The van der Waals surface area contributed by atoms with Gasteiger partial charge in [-0.1, -0.05) is 6.07 Å². The average molecular weight is 268 g/mol. The Hall–Kier alpha value is -1.62. The third-order valence-electron chi connectivity index (χ3n) is 3.00. The fraction of sp³-hybridized carbons (Fsp3) is 0.500. The molecule has 0 saturated heterocycles. The Morgan fingerprint density at radius 3 is 2.47 bits per heavy atom. The highest BCUT2D eigenvalue weighted by Crippen LogP contribution is 2.23. The third-order valence-corrected chi connectivity index (χ3v) is 3.00. The van der Waals surface area contributed by atoms with E-state index in [-0.39, 0.29) is 12.5 Å². The average Bonchev–Trinajstić information content (AvgIpc) is 2.35. The summed E-state index contributed by atoms with van der Waals surface area (Å²) in [7, 11) is 3.34. The summed E-state index contributed by atoms with van der Waals surface area (Å²) in [5.41, 5.74) is 0.901. The van der Waals surface area contributed by atoms with E-state index in [4.69, 9.17) is 0 Å². The molecule has 1 N–H and O–H groups in total. The van der Waals surface area contributed by atoms with Gasteiger partial charge in [-0.3, -0.25) is 4.79 Å². The quantitative estimate of drug-likeness (QED) is 0.885. The van der Waals surface area contributed by atoms with Gasteiger partial charge >= 0.3 is 0 Å². The first-order chi connectivity index (χ1) is 8.86. The predicted octanol–water partition coefficient (Wildman–Crippen LogP) is 1.79. The molecule has 1 aromatic carbocycles. The maximum absolute atomic E-state index is 14.0. The number of carbonyl (C=O) groups is 1. The standard InChI is InChI=1S/C14H21FN2O2/c1-5-17(9-14(19)16(3)4)13-7-6-11(10(2)18)8-12(13)15/h6-8,10,18H,5,9H2,1-4H3. The number of nitrogens with zero attached hydrogens (tertiary/aromatic N) is 2. The highest BCUT2D eigenvalue weighted by Gasteiger charge is 2.16. The van der Waals surface area contributed by atoms with Gasteiger partial charge in [-0.15, -0.1) is 0 Å². The molecule has 0 radical (unpaired) electrons. The molecule has 0 spiro atoms. The van der Waals surface area contributed by atoms with Crippen molar-refractivity contribution in [3.05, 3.63) is 29.6 Å². The number of aliphatic hydroxyl groups excluding tert-OH is 1.